The molecule has 0 saturated heterocycles. The summed E-state index contributed by atoms with van der Waals surface area (Å²) in [5, 5.41) is 0. The van der Waals surface area contributed by atoms with Gasteiger partial charge in [0.25, 0.3) is 0 Å². The number of nitrogens with two attached hydrogens (primary N) is 1. The summed E-state index contributed by atoms with van der Waals surface area (Å²) in [5.74, 6) is -0.819. The van der Waals surface area contributed by atoms with Gasteiger partial charge in [-0.1, -0.05) is 20.8 Å². The zero-order valence-corrected chi connectivity index (χ0v) is 12.9. The number of sulfonamides is 1. The van der Waals surface area contributed by atoms with Crippen LogP contribution in [-0.2, 0) is 10.0 Å². The molecule has 114 valence electrons. The number of ether oxygens (including phenoxy) is 1. The van der Waals surface area contributed by atoms with Gasteiger partial charge in [-0.15, -0.1) is 0 Å². The minimum Gasteiger partial charge on any atom is -0.492 e. The van der Waals surface area contributed by atoms with Crippen LogP contribution >= 0.6 is 0 Å². The molecule has 0 aliphatic carbocycles. The highest BCUT2D eigenvalue weighted by Gasteiger charge is 2.23. The number of hydrogen-bond acceptors (Lipinski definition) is 4. The molecule has 0 radical (unpaired) electrons. The van der Waals surface area contributed by atoms with Crippen molar-refractivity contribution in [2.45, 2.75) is 38.1 Å². The maximum Gasteiger partial charge on any atom is 0.241 e. The molecular formula is C13H21FN2O3S. The summed E-state index contributed by atoms with van der Waals surface area (Å²) >= 11 is 0. The fraction of sp³-hybridized carbons (Fsp3) is 0.538. The number of nitrogen functional groups attached to an aromatic ring is 1. The number of nitrogens with one attached hydrogen (secondary N) is 1. The molecule has 5 nitrogen and oxygen atoms in total. The molecule has 0 bridgehead atoms. The van der Waals surface area contributed by atoms with Gasteiger partial charge < -0.3 is 10.5 Å². The summed E-state index contributed by atoms with van der Waals surface area (Å²) < 4.78 is 45.5. The summed E-state index contributed by atoms with van der Waals surface area (Å²) in [4.78, 5) is -0.201. The SMILES string of the molecule is CCC(NS(=O)(=O)c1cc(N)c(OC)c(F)c1)C(C)C. The summed E-state index contributed by atoms with van der Waals surface area (Å²) in [7, 11) is -2.54. The normalized spacial score (nSPS) is 13.5. The molecule has 0 heterocycles. The summed E-state index contributed by atoms with van der Waals surface area (Å²) in [6.07, 6.45) is 0.644. The number of halogens is 1. The van der Waals surface area contributed by atoms with Gasteiger partial charge in [0.15, 0.2) is 11.6 Å². The third kappa shape index (κ3) is 3.61. The number of rotatable bonds is 6. The van der Waals surface area contributed by atoms with Crippen LogP contribution in [-0.4, -0.2) is 21.6 Å². The molecule has 0 spiro atoms. The maximum absolute atomic E-state index is 13.7. The van der Waals surface area contributed by atoms with Crippen LogP contribution < -0.4 is 15.2 Å². The van der Waals surface area contributed by atoms with Gasteiger partial charge in [-0.25, -0.2) is 17.5 Å². The molecule has 1 aromatic rings. The van der Waals surface area contributed by atoms with Gasteiger partial charge in [-0.2, -0.15) is 0 Å². The molecule has 0 saturated carbocycles. The Labute approximate surface area is 119 Å². The molecule has 3 N–H and O–H groups in total. The predicted octanol–water partition coefficient (Wildman–Crippen LogP) is 2.13. The van der Waals surface area contributed by atoms with E-state index in [1.807, 2.05) is 20.8 Å². The van der Waals surface area contributed by atoms with Crippen molar-refractivity contribution < 1.29 is 17.5 Å². The van der Waals surface area contributed by atoms with Gasteiger partial charge in [0, 0.05) is 6.04 Å². The first-order valence-corrected chi connectivity index (χ1v) is 7.86. The lowest BCUT2D eigenvalue weighted by Crippen LogP contribution is -2.38. The van der Waals surface area contributed by atoms with Crippen molar-refractivity contribution in [1.82, 2.24) is 4.72 Å². The molecule has 1 aromatic carbocycles. The average Bonchev–Trinajstić information content (AvgIpc) is 2.35. The van der Waals surface area contributed by atoms with E-state index in [1.54, 1.807) is 0 Å². The van der Waals surface area contributed by atoms with Gasteiger partial charge in [0.05, 0.1) is 17.7 Å². The predicted molar refractivity (Wildman–Crippen MR) is 76.6 cm³/mol. The first-order chi connectivity index (χ1) is 9.22. The van der Waals surface area contributed by atoms with E-state index < -0.39 is 15.8 Å². The molecule has 20 heavy (non-hydrogen) atoms. The van der Waals surface area contributed by atoms with Gasteiger partial charge >= 0.3 is 0 Å². The highest BCUT2D eigenvalue weighted by atomic mass is 32.2. The van der Waals surface area contributed by atoms with Crippen LogP contribution in [0.15, 0.2) is 17.0 Å². The second-order valence-corrected chi connectivity index (χ2v) is 6.62. The zero-order chi connectivity index (χ0) is 15.5. The number of methoxy groups -OCH3 is 1. The average molecular weight is 304 g/mol. The van der Waals surface area contributed by atoms with Gasteiger partial charge in [-0.05, 0) is 24.5 Å². The van der Waals surface area contributed by atoms with Crippen LogP contribution in [0.2, 0.25) is 0 Å². The summed E-state index contributed by atoms with van der Waals surface area (Å²) in [6, 6.07) is 1.88. The van der Waals surface area contributed by atoms with Crippen molar-refractivity contribution in [3.63, 3.8) is 0 Å². The number of benzene rings is 1. The second kappa shape index (κ2) is 6.41. The maximum atomic E-state index is 13.7. The quantitative estimate of drug-likeness (QED) is 0.789. The highest BCUT2D eigenvalue weighted by molar-refractivity contribution is 7.89. The van der Waals surface area contributed by atoms with Gasteiger partial charge in [0.2, 0.25) is 10.0 Å². The fourth-order valence-electron chi connectivity index (χ4n) is 1.92. The summed E-state index contributed by atoms with van der Waals surface area (Å²) in [5.41, 5.74) is 5.54. The third-order valence-electron chi connectivity index (χ3n) is 3.11. The molecule has 0 aliphatic rings. The van der Waals surface area contributed by atoms with E-state index in [2.05, 4.69) is 4.72 Å². The van der Waals surface area contributed by atoms with Crippen molar-refractivity contribution in [2.75, 3.05) is 12.8 Å². The molecule has 1 unspecified atom stereocenters. The van der Waals surface area contributed by atoms with Crippen LogP contribution in [0, 0.1) is 11.7 Å². The number of anilines is 1. The standard InChI is InChI=1S/C13H21FN2O3S/c1-5-12(8(2)3)16-20(17,18)9-6-10(14)13(19-4)11(15)7-9/h6-8,12,16H,5,15H2,1-4H3. The minimum absolute atomic E-state index is 0.0505. The van der Waals surface area contributed by atoms with Crippen molar-refractivity contribution >= 4 is 15.7 Å². The Hall–Kier alpha value is -1.34. The van der Waals surface area contributed by atoms with Gasteiger partial charge in [0.1, 0.15) is 0 Å². The molecule has 7 heteroatoms. The van der Waals surface area contributed by atoms with E-state index in [4.69, 9.17) is 10.5 Å². The molecule has 0 amide bonds. The Bertz CT molecular complexity index is 550. The Morgan fingerprint density at radius 1 is 1.40 bits per heavy atom. The Kier molecular flexibility index (Phi) is 5.35. The Balaban J connectivity index is 3.16. The highest BCUT2D eigenvalue weighted by Crippen LogP contribution is 2.28. The largest absolute Gasteiger partial charge is 0.492 e. The number of hydrogen-bond donors (Lipinski definition) is 2. The molecule has 0 fully saturated rings. The Morgan fingerprint density at radius 2 is 2.00 bits per heavy atom. The second-order valence-electron chi connectivity index (χ2n) is 4.91. The van der Waals surface area contributed by atoms with Gasteiger partial charge in [-0.3, -0.25) is 0 Å². The topological polar surface area (TPSA) is 81.4 Å². The van der Waals surface area contributed by atoms with Crippen molar-refractivity contribution in [2.24, 2.45) is 5.92 Å². The van der Waals surface area contributed by atoms with E-state index in [1.165, 1.54) is 13.2 Å². The van der Waals surface area contributed by atoms with Crippen molar-refractivity contribution in [1.29, 1.82) is 0 Å². The van der Waals surface area contributed by atoms with Crippen LogP contribution in [0.1, 0.15) is 27.2 Å². The first kappa shape index (κ1) is 16.7. The molecule has 1 atom stereocenters. The monoisotopic (exact) mass is 304 g/mol. The lowest BCUT2D eigenvalue weighted by molar-refractivity contribution is 0.388. The van der Waals surface area contributed by atoms with Crippen LogP contribution in [0.4, 0.5) is 10.1 Å². The van der Waals surface area contributed by atoms with Crippen molar-refractivity contribution in [3.8, 4) is 5.75 Å². The van der Waals surface area contributed by atoms with E-state index in [0.717, 1.165) is 6.07 Å². The molecule has 0 aromatic heterocycles. The zero-order valence-electron chi connectivity index (χ0n) is 12.1. The van der Waals surface area contributed by atoms with E-state index in [9.17, 15) is 12.8 Å². The molecule has 1 rings (SSSR count). The smallest absolute Gasteiger partial charge is 0.241 e. The van der Waals surface area contributed by atoms with Crippen LogP contribution in [0.25, 0.3) is 0 Å². The van der Waals surface area contributed by atoms with E-state index in [0.29, 0.717) is 6.42 Å². The minimum atomic E-state index is -3.81. The van der Waals surface area contributed by atoms with E-state index >= 15 is 0 Å². The molecular weight excluding hydrogens is 283 g/mol. The lowest BCUT2D eigenvalue weighted by atomic mass is 10.0. The van der Waals surface area contributed by atoms with Crippen molar-refractivity contribution in [3.05, 3.63) is 17.9 Å². The van der Waals surface area contributed by atoms with Crippen LogP contribution in [0.3, 0.4) is 0 Å². The van der Waals surface area contributed by atoms with Crippen LogP contribution in [0.5, 0.6) is 5.75 Å². The Morgan fingerprint density at radius 3 is 2.40 bits per heavy atom. The lowest BCUT2D eigenvalue weighted by Gasteiger charge is -2.21. The first-order valence-electron chi connectivity index (χ1n) is 6.38. The fourth-order valence-corrected chi connectivity index (χ4v) is 3.43. The van der Waals surface area contributed by atoms with E-state index in [-0.39, 0.29) is 28.3 Å². The molecule has 0 aliphatic heterocycles. The third-order valence-corrected chi connectivity index (χ3v) is 4.58. The summed E-state index contributed by atoms with van der Waals surface area (Å²) in [6.45, 7) is 5.72.